The number of carbonyl (C=O) groups excluding carboxylic acids is 1. The minimum atomic E-state index is -0.385. The van der Waals surface area contributed by atoms with Gasteiger partial charge in [0.25, 0.3) is 5.91 Å². The molecule has 0 unspecified atom stereocenters. The minimum absolute atomic E-state index is 0.111. The second kappa shape index (κ2) is 5.94. The van der Waals surface area contributed by atoms with Crippen molar-refractivity contribution in [3.05, 3.63) is 30.4 Å². The molecule has 2 rings (SSSR count). The number of nitrogen functional groups attached to an aromatic ring is 1. The van der Waals surface area contributed by atoms with Gasteiger partial charge in [0.1, 0.15) is 5.82 Å². The highest BCUT2D eigenvalue weighted by Crippen LogP contribution is 2.11. The topological polar surface area (TPSA) is 98.7 Å². The maximum absolute atomic E-state index is 12.0. The molecule has 100 valence electrons. The van der Waals surface area contributed by atoms with Gasteiger partial charge in [-0.25, -0.2) is 14.6 Å². The number of aromatic nitrogens is 4. The summed E-state index contributed by atoms with van der Waals surface area (Å²) in [5, 5.41) is 6.89. The molecule has 1 amide bonds. The number of amides is 1. The van der Waals surface area contributed by atoms with Gasteiger partial charge in [-0.05, 0) is 6.42 Å². The minimum Gasteiger partial charge on any atom is -0.382 e. The zero-order chi connectivity index (χ0) is 13.7. The molecule has 0 radical (unpaired) electrons. The molecule has 0 saturated carbocycles. The van der Waals surface area contributed by atoms with Crippen molar-refractivity contribution < 1.29 is 4.79 Å². The first-order chi connectivity index (χ1) is 9.22. The van der Waals surface area contributed by atoms with Crippen LogP contribution in [-0.2, 0) is 6.54 Å². The van der Waals surface area contributed by atoms with Crippen LogP contribution in [0.25, 0.3) is 0 Å². The fourth-order valence-corrected chi connectivity index (χ4v) is 1.62. The molecule has 7 heteroatoms. The summed E-state index contributed by atoms with van der Waals surface area (Å²) in [6, 6.07) is 1.74. The van der Waals surface area contributed by atoms with Gasteiger partial charge >= 0.3 is 0 Å². The quantitative estimate of drug-likeness (QED) is 0.844. The van der Waals surface area contributed by atoms with Crippen LogP contribution in [0.3, 0.4) is 0 Å². The molecule has 0 spiro atoms. The van der Waals surface area contributed by atoms with E-state index in [1.807, 2.05) is 0 Å². The molecule has 0 aromatic carbocycles. The number of hydrogen-bond donors (Lipinski definition) is 2. The Hall–Kier alpha value is -2.44. The molecule has 2 heterocycles. The Labute approximate surface area is 110 Å². The van der Waals surface area contributed by atoms with Crippen molar-refractivity contribution in [2.45, 2.75) is 26.3 Å². The first-order valence-electron chi connectivity index (χ1n) is 6.12. The van der Waals surface area contributed by atoms with E-state index >= 15 is 0 Å². The molecule has 2 aromatic heterocycles. The van der Waals surface area contributed by atoms with E-state index in [-0.39, 0.29) is 17.4 Å². The number of aryl methyl sites for hydroxylation is 1. The number of rotatable bonds is 5. The molecule has 0 fully saturated rings. The molecule has 19 heavy (non-hydrogen) atoms. The van der Waals surface area contributed by atoms with E-state index in [0.29, 0.717) is 5.82 Å². The van der Waals surface area contributed by atoms with Gasteiger partial charge in [0.2, 0.25) is 0 Å². The molecule has 0 aliphatic heterocycles. The lowest BCUT2D eigenvalue weighted by Gasteiger charge is -2.08. The van der Waals surface area contributed by atoms with Gasteiger partial charge in [-0.3, -0.25) is 4.79 Å². The molecule has 0 saturated heterocycles. The first kappa shape index (κ1) is 13.0. The lowest BCUT2D eigenvalue weighted by Crippen LogP contribution is -2.19. The van der Waals surface area contributed by atoms with Crippen LogP contribution in [0.2, 0.25) is 0 Å². The Balaban J connectivity index is 2.11. The first-order valence-corrected chi connectivity index (χ1v) is 6.12. The summed E-state index contributed by atoms with van der Waals surface area (Å²) < 4.78 is 1.74. The summed E-state index contributed by atoms with van der Waals surface area (Å²) >= 11 is 0. The van der Waals surface area contributed by atoms with Gasteiger partial charge < -0.3 is 11.1 Å². The van der Waals surface area contributed by atoms with Crippen LogP contribution in [0.1, 0.15) is 30.3 Å². The van der Waals surface area contributed by atoms with Crippen LogP contribution in [0.15, 0.2) is 24.7 Å². The summed E-state index contributed by atoms with van der Waals surface area (Å²) in [6.07, 6.45) is 6.57. The fraction of sp³-hybridized carbons (Fsp3) is 0.333. The third-order valence-electron chi connectivity index (χ3n) is 2.62. The molecular formula is C12H16N6O. The molecule has 0 aliphatic rings. The largest absolute Gasteiger partial charge is 0.382 e. The van der Waals surface area contributed by atoms with Crippen molar-refractivity contribution in [2.24, 2.45) is 0 Å². The number of hydrogen-bond acceptors (Lipinski definition) is 5. The van der Waals surface area contributed by atoms with Crippen LogP contribution < -0.4 is 11.1 Å². The van der Waals surface area contributed by atoms with Crippen LogP contribution in [0.4, 0.5) is 11.6 Å². The summed E-state index contributed by atoms with van der Waals surface area (Å²) in [4.78, 5) is 19.8. The van der Waals surface area contributed by atoms with E-state index in [1.54, 1.807) is 16.9 Å². The van der Waals surface area contributed by atoms with Crippen molar-refractivity contribution in [3.8, 4) is 0 Å². The normalized spacial score (nSPS) is 10.4. The second-order valence-corrected chi connectivity index (χ2v) is 4.04. The van der Waals surface area contributed by atoms with Crippen LogP contribution >= 0.6 is 0 Å². The average Bonchev–Trinajstić information content (AvgIpc) is 2.84. The third kappa shape index (κ3) is 3.06. The van der Waals surface area contributed by atoms with Gasteiger partial charge in [-0.2, -0.15) is 5.10 Å². The number of anilines is 2. The fourth-order valence-electron chi connectivity index (χ4n) is 1.62. The van der Waals surface area contributed by atoms with E-state index in [1.165, 1.54) is 12.4 Å². The summed E-state index contributed by atoms with van der Waals surface area (Å²) in [5.41, 5.74) is 5.73. The highest BCUT2D eigenvalue weighted by molar-refractivity contribution is 6.05. The smallest absolute Gasteiger partial charge is 0.279 e. The molecule has 0 atom stereocenters. The number of nitrogens with one attached hydrogen (secondary N) is 1. The van der Waals surface area contributed by atoms with Crippen molar-refractivity contribution in [1.82, 2.24) is 19.7 Å². The number of nitrogens with two attached hydrogens (primary N) is 1. The highest BCUT2D eigenvalue weighted by Gasteiger charge is 2.14. The van der Waals surface area contributed by atoms with Crippen molar-refractivity contribution in [3.63, 3.8) is 0 Å². The van der Waals surface area contributed by atoms with Crippen LogP contribution in [0.5, 0.6) is 0 Å². The summed E-state index contributed by atoms with van der Waals surface area (Å²) in [7, 11) is 0. The van der Waals surface area contributed by atoms with Gasteiger partial charge in [0, 0.05) is 25.0 Å². The van der Waals surface area contributed by atoms with E-state index in [2.05, 4.69) is 27.3 Å². The highest BCUT2D eigenvalue weighted by atomic mass is 16.2. The predicted molar refractivity (Wildman–Crippen MR) is 71.5 cm³/mol. The van der Waals surface area contributed by atoms with Gasteiger partial charge in [0.15, 0.2) is 11.5 Å². The SMILES string of the molecule is CCCCn1nccc1NC(=O)c1nccnc1N. The van der Waals surface area contributed by atoms with Crippen molar-refractivity contribution in [2.75, 3.05) is 11.1 Å². The van der Waals surface area contributed by atoms with Crippen molar-refractivity contribution in [1.29, 1.82) is 0 Å². The van der Waals surface area contributed by atoms with Crippen LogP contribution in [-0.4, -0.2) is 25.7 Å². The lowest BCUT2D eigenvalue weighted by atomic mass is 10.3. The Morgan fingerprint density at radius 2 is 2.16 bits per heavy atom. The lowest BCUT2D eigenvalue weighted by molar-refractivity contribution is 0.102. The van der Waals surface area contributed by atoms with Crippen molar-refractivity contribution >= 4 is 17.5 Å². The third-order valence-corrected chi connectivity index (χ3v) is 2.62. The van der Waals surface area contributed by atoms with Gasteiger partial charge in [-0.1, -0.05) is 13.3 Å². The molecule has 3 N–H and O–H groups in total. The number of carbonyl (C=O) groups is 1. The average molecular weight is 260 g/mol. The van der Waals surface area contributed by atoms with Gasteiger partial charge in [0.05, 0.1) is 6.20 Å². The van der Waals surface area contributed by atoms with E-state index in [4.69, 9.17) is 5.73 Å². The van der Waals surface area contributed by atoms with E-state index in [0.717, 1.165) is 19.4 Å². The molecule has 0 bridgehead atoms. The zero-order valence-corrected chi connectivity index (χ0v) is 10.7. The monoisotopic (exact) mass is 260 g/mol. The maximum Gasteiger partial charge on any atom is 0.279 e. The molecule has 7 nitrogen and oxygen atoms in total. The molecular weight excluding hydrogens is 244 g/mol. The zero-order valence-electron chi connectivity index (χ0n) is 10.7. The Bertz CT molecular complexity index is 565. The maximum atomic E-state index is 12.0. The number of nitrogens with zero attached hydrogens (tertiary/aromatic N) is 4. The Morgan fingerprint density at radius 1 is 1.37 bits per heavy atom. The van der Waals surface area contributed by atoms with Crippen LogP contribution in [0, 0.1) is 0 Å². The summed E-state index contributed by atoms with van der Waals surface area (Å²) in [5.74, 6) is 0.354. The van der Waals surface area contributed by atoms with E-state index in [9.17, 15) is 4.79 Å². The van der Waals surface area contributed by atoms with Gasteiger partial charge in [-0.15, -0.1) is 0 Å². The van der Waals surface area contributed by atoms with E-state index < -0.39 is 0 Å². The molecule has 0 aliphatic carbocycles. The Kier molecular flexibility index (Phi) is 4.07. The summed E-state index contributed by atoms with van der Waals surface area (Å²) in [6.45, 7) is 2.86. The second-order valence-electron chi connectivity index (χ2n) is 4.04. The molecule has 2 aromatic rings. The number of unbranched alkanes of at least 4 members (excludes halogenated alkanes) is 1. The standard InChI is InChI=1S/C12H16N6O/c1-2-3-8-18-9(4-5-16-18)17-12(19)10-11(13)15-7-6-14-10/h4-7H,2-3,8H2,1H3,(H2,13,15)(H,17,19). The Morgan fingerprint density at radius 3 is 2.89 bits per heavy atom. The predicted octanol–water partition coefficient (Wildman–Crippen LogP) is 1.31.